The molecule has 6 heteroatoms. The van der Waals surface area contributed by atoms with Crippen molar-refractivity contribution in [2.75, 3.05) is 13.1 Å². The van der Waals surface area contributed by atoms with Gasteiger partial charge in [0.25, 0.3) is 10.2 Å². The SMILES string of the molecule is CC(C)CNS(=O)(=O)N(CCC#N)C(C)C. The Bertz CT molecular complexity index is 330. The summed E-state index contributed by atoms with van der Waals surface area (Å²) in [7, 11) is -3.46. The Hall–Kier alpha value is -0.640. The topological polar surface area (TPSA) is 73.2 Å². The quantitative estimate of drug-likeness (QED) is 0.732. The molecule has 0 aliphatic carbocycles. The molecule has 0 spiro atoms. The second-order valence-electron chi connectivity index (χ2n) is 4.36. The smallest absolute Gasteiger partial charge is 0.202 e. The Morgan fingerprint density at radius 1 is 1.31 bits per heavy atom. The Morgan fingerprint density at radius 3 is 2.25 bits per heavy atom. The molecule has 0 amide bonds. The first kappa shape index (κ1) is 15.4. The van der Waals surface area contributed by atoms with Crippen molar-refractivity contribution in [2.45, 2.75) is 40.2 Å². The summed E-state index contributed by atoms with van der Waals surface area (Å²) in [6.07, 6.45) is 0.209. The normalized spacial score (nSPS) is 12.4. The Balaban J connectivity index is 4.58. The monoisotopic (exact) mass is 247 g/mol. The van der Waals surface area contributed by atoms with Crippen LogP contribution in [0.3, 0.4) is 0 Å². The summed E-state index contributed by atoms with van der Waals surface area (Å²) >= 11 is 0. The largest absolute Gasteiger partial charge is 0.279 e. The van der Waals surface area contributed by atoms with Crippen LogP contribution in [0.1, 0.15) is 34.1 Å². The molecule has 0 unspecified atom stereocenters. The third kappa shape index (κ3) is 5.45. The minimum absolute atomic E-state index is 0.141. The van der Waals surface area contributed by atoms with Gasteiger partial charge < -0.3 is 0 Å². The molecule has 94 valence electrons. The fraction of sp³-hybridized carbons (Fsp3) is 0.900. The van der Waals surface area contributed by atoms with E-state index in [0.29, 0.717) is 6.54 Å². The Labute approximate surface area is 98.6 Å². The number of hydrogen-bond donors (Lipinski definition) is 1. The van der Waals surface area contributed by atoms with Crippen molar-refractivity contribution in [2.24, 2.45) is 5.92 Å². The molecule has 0 saturated carbocycles. The van der Waals surface area contributed by atoms with Gasteiger partial charge in [-0.15, -0.1) is 0 Å². The van der Waals surface area contributed by atoms with Crippen molar-refractivity contribution >= 4 is 10.2 Å². The molecule has 1 N–H and O–H groups in total. The first-order chi connectivity index (χ1) is 7.31. The van der Waals surface area contributed by atoms with Crippen LogP contribution in [0.5, 0.6) is 0 Å². The van der Waals surface area contributed by atoms with Crippen molar-refractivity contribution in [1.29, 1.82) is 5.26 Å². The number of hydrogen-bond acceptors (Lipinski definition) is 3. The van der Waals surface area contributed by atoms with Gasteiger partial charge in [0.2, 0.25) is 0 Å². The molecule has 0 rings (SSSR count). The van der Waals surface area contributed by atoms with E-state index in [0.717, 1.165) is 0 Å². The van der Waals surface area contributed by atoms with Crippen LogP contribution in [0.25, 0.3) is 0 Å². The summed E-state index contributed by atoms with van der Waals surface area (Å²) in [5.41, 5.74) is 0. The molecular weight excluding hydrogens is 226 g/mol. The van der Waals surface area contributed by atoms with Gasteiger partial charge in [0.05, 0.1) is 6.07 Å². The minimum atomic E-state index is -3.46. The van der Waals surface area contributed by atoms with Crippen LogP contribution in [0, 0.1) is 17.2 Å². The second-order valence-corrected chi connectivity index (χ2v) is 6.07. The van der Waals surface area contributed by atoms with Gasteiger partial charge in [-0.3, -0.25) is 0 Å². The van der Waals surface area contributed by atoms with E-state index in [9.17, 15) is 8.42 Å². The van der Waals surface area contributed by atoms with Gasteiger partial charge in [-0.05, 0) is 19.8 Å². The predicted molar refractivity (Wildman–Crippen MR) is 63.8 cm³/mol. The highest BCUT2D eigenvalue weighted by molar-refractivity contribution is 7.87. The molecule has 5 nitrogen and oxygen atoms in total. The molecule has 0 fully saturated rings. The third-order valence-electron chi connectivity index (χ3n) is 2.00. The van der Waals surface area contributed by atoms with Crippen molar-refractivity contribution in [1.82, 2.24) is 9.03 Å². The zero-order valence-electron chi connectivity index (χ0n) is 10.4. The molecular formula is C10H21N3O2S. The number of nitrogens with zero attached hydrogens (tertiary/aromatic N) is 2. The third-order valence-corrected chi connectivity index (χ3v) is 3.76. The summed E-state index contributed by atoms with van der Waals surface area (Å²) in [6, 6.07) is 1.82. The lowest BCUT2D eigenvalue weighted by Crippen LogP contribution is -2.45. The van der Waals surface area contributed by atoms with Crippen LogP contribution in [-0.4, -0.2) is 31.9 Å². The van der Waals surface area contributed by atoms with E-state index in [2.05, 4.69) is 4.72 Å². The standard InChI is InChI=1S/C10H21N3O2S/c1-9(2)8-12-16(14,15)13(10(3)4)7-5-6-11/h9-10,12H,5,7-8H2,1-4H3. The maximum absolute atomic E-state index is 11.9. The van der Waals surface area contributed by atoms with E-state index >= 15 is 0 Å². The average Bonchev–Trinajstić information content (AvgIpc) is 2.14. The summed E-state index contributed by atoms with van der Waals surface area (Å²) in [6.45, 7) is 8.13. The first-order valence-electron chi connectivity index (χ1n) is 5.44. The highest BCUT2D eigenvalue weighted by atomic mass is 32.2. The van der Waals surface area contributed by atoms with Gasteiger partial charge in [0, 0.05) is 25.6 Å². The van der Waals surface area contributed by atoms with Crippen LogP contribution >= 0.6 is 0 Å². The lowest BCUT2D eigenvalue weighted by molar-refractivity contribution is 0.352. The van der Waals surface area contributed by atoms with Crippen LogP contribution in [-0.2, 0) is 10.2 Å². The van der Waals surface area contributed by atoms with Gasteiger partial charge >= 0.3 is 0 Å². The maximum atomic E-state index is 11.9. The fourth-order valence-electron chi connectivity index (χ4n) is 1.17. The van der Waals surface area contributed by atoms with Gasteiger partial charge in [-0.2, -0.15) is 18.0 Å². The molecule has 0 aromatic carbocycles. The highest BCUT2D eigenvalue weighted by Gasteiger charge is 2.23. The molecule has 0 aromatic rings. The van der Waals surface area contributed by atoms with Crippen molar-refractivity contribution in [3.05, 3.63) is 0 Å². The van der Waals surface area contributed by atoms with Gasteiger partial charge in [0.15, 0.2) is 0 Å². The summed E-state index contributed by atoms with van der Waals surface area (Å²) in [5, 5.41) is 8.49. The average molecular weight is 247 g/mol. The van der Waals surface area contributed by atoms with Gasteiger partial charge in [0.1, 0.15) is 0 Å². The molecule has 0 heterocycles. The molecule has 0 aliphatic heterocycles. The Morgan fingerprint density at radius 2 is 1.88 bits per heavy atom. The summed E-state index contributed by atoms with van der Waals surface area (Å²) < 4.78 is 27.6. The molecule has 0 radical (unpaired) electrons. The summed E-state index contributed by atoms with van der Waals surface area (Å²) in [4.78, 5) is 0. The van der Waals surface area contributed by atoms with E-state index < -0.39 is 10.2 Å². The minimum Gasteiger partial charge on any atom is -0.202 e. The second kappa shape index (κ2) is 6.84. The van der Waals surface area contributed by atoms with Crippen LogP contribution in [0.15, 0.2) is 0 Å². The maximum Gasteiger partial charge on any atom is 0.279 e. The molecule has 0 atom stereocenters. The van der Waals surface area contributed by atoms with Crippen LogP contribution in [0.2, 0.25) is 0 Å². The van der Waals surface area contributed by atoms with E-state index in [-0.39, 0.29) is 24.9 Å². The molecule has 0 bridgehead atoms. The van der Waals surface area contributed by atoms with Crippen molar-refractivity contribution in [3.63, 3.8) is 0 Å². The molecule has 0 aromatic heterocycles. The first-order valence-corrected chi connectivity index (χ1v) is 6.88. The van der Waals surface area contributed by atoms with Crippen molar-refractivity contribution < 1.29 is 8.42 Å². The molecule has 0 aliphatic rings. The van der Waals surface area contributed by atoms with Gasteiger partial charge in [-0.1, -0.05) is 13.8 Å². The van der Waals surface area contributed by atoms with E-state index in [4.69, 9.17) is 5.26 Å². The van der Waals surface area contributed by atoms with E-state index in [1.165, 1.54) is 4.31 Å². The van der Waals surface area contributed by atoms with Crippen LogP contribution < -0.4 is 4.72 Å². The number of rotatable bonds is 7. The number of nitriles is 1. The number of nitrogens with one attached hydrogen (secondary N) is 1. The van der Waals surface area contributed by atoms with E-state index in [1.807, 2.05) is 19.9 Å². The van der Waals surface area contributed by atoms with Crippen LogP contribution in [0.4, 0.5) is 0 Å². The fourth-order valence-corrected chi connectivity index (χ4v) is 2.77. The lowest BCUT2D eigenvalue weighted by atomic mass is 10.2. The molecule has 0 saturated heterocycles. The zero-order valence-corrected chi connectivity index (χ0v) is 11.2. The molecule has 16 heavy (non-hydrogen) atoms. The van der Waals surface area contributed by atoms with E-state index in [1.54, 1.807) is 13.8 Å². The van der Waals surface area contributed by atoms with Gasteiger partial charge in [-0.25, -0.2) is 4.72 Å². The summed E-state index contributed by atoms with van der Waals surface area (Å²) in [5.74, 6) is 0.264. The Kier molecular flexibility index (Phi) is 6.56. The lowest BCUT2D eigenvalue weighted by Gasteiger charge is -2.25. The van der Waals surface area contributed by atoms with Crippen molar-refractivity contribution in [3.8, 4) is 6.07 Å². The zero-order chi connectivity index (χ0) is 12.8. The predicted octanol–water partition coefficient (Wildman–Crippen LogP) is 1.10. The highest BCUT2D eigenvalue weighted by Crippen LogP contribution is 2.06.